The molecule has 0 saturated carbocycles. The lowest BCUT2D eigenvalue weighted by molar-refractivity contribution is -0.130. The first-order valence-electron chi connectivity index (χ1n) is 11.7. The van der Waals surface area contributed by atoms with E-state index in [4.69, 9.17) is 17.0 Å². The van der Waals surface area contributed by atoms with E-state index in [2.05, 4.69) is 5.32 Å². The second kappa shape index (κ2) is 9.43. The largest absolute Gasteiger partial charge is 0.334 e. The SMILES string of the molecule is N=C1NC(c2ccc(F)cc2)(c2ccc(F)cc2)C(=O)N1Cc1ccc(Cl)c(C(=O)N2CCC(F)(F)C2)c1. The van der Waals surface area contributed by atoms with Gasteiger partial charge in [-0.1, -0.05) is 41.9 Å². The van der Waals surface area contributed by atoms with Gasteiger partial charge in [0.1, 0.15) is 11.6 Å². The summed E-state index contributed by atoms with van der Waals surface area (Å²) in [5.41, 5.74) is -0.520. The number of likely N-dealkylation sites (tertiary alicyclic amines) is 1. The van der Waals surface area contributed by atoms with E-state index in [1.165, 1.54) is 60.7 Å². The quantitative estimate of drug-likeness (QED) is 0.448. The van der Waals surface area contributed by atoms with Crippen LogP contribution in [-0.2, 0) is 16.9 Å². The molecule has 2 saturated heterocycles. The Hall–Kier alpha value is -3.92. The predicted molar refractivity (Wildman–Crippen MR) is 132 cm³/mol. The molecule has 2 fully saturated rings. The third kappa shape index (κ3) is 4.49. The number of amides is 2. The number of alkyl halides is 2. The molecule has 2 amide bonds. The van der Waals surface area contributed by atoms with Crippen molar-refractivity contribution in [3.63, 3.8) is 0 Å². The number of hydrogen-bond acceptors (Lipinski definition) is 3. The van der Waals surface area contributed by atoms with Gasteiger partial charge in [0, 0.05) is 13.0 Å². The first-order valence-corrected chi connectivity index (χ1v) is 12.0. The molecule has 2 aliphatic rings. The summed E-state index contributed by atoms with van der Waals surface area (Å²) in [6.07, 6.45) is -0.435. The van der Waals surface area contributed by atoms with E-state index in [1.54, 1.807) is 6.07 Å². The number of benzene rings is 3. The van der Waals surface area contributed by atoms with Crippen LogP contribution < -0.4 is 5.32 Å². The Balaban J connectivity index is 1.48. The van der Waals surface area contributed by atoms with E-state index in [1.807, 2.05) is 0 Å². The van der Waals surface area contributed by atoms with Crippen LogP contribution in [0.5, 0.6) is 0 Å². The summed E-state index contributed by atoms with van der Waals surface area (Å²) in [6, 6.07) is 14.8. The summed E-state index contributed by atoms with van der Waals surface area (Å²) < 4.78 is 54.7. The second-order valence-corrected chi connectivity index (χ2v) is 9.68. The molecule has 0 atom stereocenters. The Kier molecular flexibility index (Phi) is 6.38. The van der Waals surface area contributed by atoms with E-state index in [0.29, 0.717) is 16.7 Å². The summed E-state index contributed by atoms with van der Waals surface area (Å²) in [5.74, 6) is -5.51. The number of carbonyl (C=O) groups excluding carboxylic acids is 2. The molecule has 3 aromatic carbocycles. The fourth-order valence-electron chi connectivity index (χ4n) is 4.81. The van der Waals surface area contributed by atoms with E-state index >= 15 is 0 Å². The van der Waals surface area contributed by atoms with Gasteiger partial charge in [-0.05, 0) is 53.1 Å². The van der Waals surface area contributed by atoms with Gasteiger partial charge in [0.2, 0.25) is 0 Å². The van der Waals surface area contributed by atoms with Gasteiger partial charge in [0.25, 0.3) is 17.7 Å². The van der Waals surface area contributed by atoms with Gasteiger partial charge >= 0.3 is 0 Å². The molecule has 0 unspecified atom stereocenters. The minimum atomic E-state index is -2.97. The molecule has 0 spiro atoms. The lowest BCUT2D eigenvalue weighted by atomic mass is 9.82. The van der Waals surface area contributed by atoms with Crippen LogP contribution in [0.25, 0.3) is 0 Å². The number of rotatable bonds is 5. The standard InChI is InChI=1S/C27H21ClF4N4O2/c28-22-10-1-16(13-21(22)23(37)35-12-11-26(31,32)15-35)14-36-24(38)27(34-25(36)33,17-2-6-19(29)7-3-17)18-4-8-20(30)9-5-18/h1-10,13H,11-12,14-15H2,(H2,33,34). The molecule has 0 aromatic heterocycles. The second-order valence-electron chi connectivity index (χ2n) is 9.28. The number of guanidine groups is 1. The summed E-state index contributed by atoms with van der Waals surface area (Å²) in [5, 5.41) is 11.5. The molecule has 0 bridgehead atoms. The van der Waals surface area contributed by atoms with Crippen LogP contribution in [0.3, 0.4) is 0 Å². The Labute approximate surface area is 220 Å². The van der Waals surface area contributed by atoms with Gasteiger partial charge in [-0.3, -0.25) is 19.9 Å². The summed E-state index contributed by atoms with van der Waals surface area (Å²) >= 11 is 6.21. The molecule has 5 rings (SSSR count). The number of carbonyl (C=O) groups is 2. The van der Waals surface area contributed by atoms with Crippen molar-refractivity contribution in [1.29, 1.82) is 5.41 Å². The van der Waals surface area contributed by atoms with E-state index < -0.39 is 47.9 Å². The van der Waals surface area contributed by atoms with Crippen LogP contribution in [0, 0.1) is 17.0 Å². The monoisotopic (exact) mass is 544 g/mol. The minimum Gasteiger partial charge on any atom is -0.334 e. The lowest BCUT2D eigenvalue weighted by Gasteiger charge is -2.28. The average molecular weight is 545 g/mol. The summed E-state index contributed by atoms with van der Waals surface area (Å²) in [7, 11) is 0. The molecular formula is C27H21ClF4N4O2. The average Bonchev–Trinajstić information content (AvgIpc) is 3.37. The minimum absolute atomic E-state index is 0.0105. The molecule has 0 radical (unpaired) electrons. The maximum absolute atomic E-state index is 13.9. The number of halogens is 5. The smallest absolute Gasteiger partial charge is 0.267 e. The zero-order valence-electron chi connectivity index (χ0n) is 19.8. The number of nitrogens with one attached hydrogen (secondary N) is 2. The van der Waals surface area contributed by atoms with Gasteiger partial charge < -0.3 is 10.2 Å². The van der Waals surface area contributed by atoms with Crippen molar-refractivity contribution in [2.75, 3.05) is 13.1 Å². The highest BCUT2D eigenvalue weighted by Gasteiger charge is 2.52. The normalized spacial score (nSPS) is 18.1. The maximum Gasteiger partial charge on any atom is 0.267 e. The first-order chi connectivity index (χ1) is 18.0. The van der Waals surface area contributed by atoms with Crippen molar-refractivity contribution in [3.05, 3.63) is 106 Å². The van der Waals surface area contributed by atoms with Gasteiger partial charge in [-0.2, -0.15) is 0 Å². The predicted octanol–water partition coefficient (Wildman–Crippen LogP) is 4.91. The highest BCUT2D eigenvalue weighted by Crippen LogP contribution is 2.37. The third-order valence-corrected chi connectivity index (χ3v) is 7.08. The van der Waals surface area contributed by atoms with Crippen LogP contribution in [0.2, 0.25) is 5.02 Å². The van der Waals surface area contributed by atoms with Gasteiger partial charge in [-0.25, -0.2) is 17.6 Å². The van der Waals surface area contributed by atoms with Crippen LogP contribution in [-0.4, -0.2) is 46.6 Å². The molecule has 38 heavy (non-hydrogen) atoms. The molecular weight excluding hydrogens is 524 g/mol. The zero-order chi connectivity index (χ0) is 27.2. The Morgan fingerprint density at radius 2 is 1.55 bits per heavy atom. The van der Waals surface area contributed by atoms with Crippen molar-refractivity contribution >= 4 is 29.4 Å². The summed E-state index contributed by atoms with van der Waals surface area (Å²) in [4.78, 5) is 29.0. The zero-order valence-corrected chi connectivity index (χ0v) is 20.5. The molecule has 196 valence electrons. The Morgan fingerprint density at radius 3 is 2.08 bits per heavy atom. The number of hydrogen-bond donors (Lipinski definition) is 2. The first kappa shape index (κ1) is 25.7. The third-order valence-electron chi connectivity index (χ3n) is 6.75. The van der Waals surface area contributed by atoms with Gasteiger partial charge in [-0.15, -0.1) is 0 Å². The van der Waals surface area contributed by atoms with Crippen molar-refractivity contribution in [2.24, 2.45) is 0 Å². The highest BCUT2D eigenvalue weighted by molar-refractivity contribution is 6.33. The van der Waals surface area contributed by atoms with Crippen LogP contribution in [0.1, 0.15) is 33.5 Å². The molecule has 2 aliphatic heterocycles. The molecule has 2 heterocycles. The summed E-state index contributed by atoms with van der Waals surface area (Å²) in [6.45, 7) is -0.963. The highest BCUT2D eigenvalue weighted by atomic mass is 35.5. The van der Waals surface area contributed by atoms with Crippen molar-refractivity contribution in [1.82, 2.24) is 15.1 Å². The fraction of sp³-hybridized carbons (Fsp3) is 0.222. The van der Waals surface area contributed by atoms with E-state index in [0.717, 1.165) is 9.80 Å². The Morgan fingerprint density at radius 1 is 0.974 bits per heavy atom. The lowest BCUT2D eigenvalue weighted by Crippen LogP contribution is -2.45. The molecule has 6 nitrogen and oxygen atoms in total. The van der Waals surface area contributed by atoms with Crippen LogP contribution >= 0.6 is 11.6 Å². The van der Waals surface area contributed by atoms with Crippen molar-refractivity contribution in [3.8, 4) is 0 Å². The molecule has 2 N–H and O–H groups in total. The molecule has 11 heteroatoms. The van der Waals surface area contributed by atoms with Crippen molar-refractivity contribution in [2.45, 2.75) is 24.4 Å². The molecule has 0 aliphatic carbocycles. The maximum atomic E-state index is 13.9. The van der Waals surface area contributed by atoms with Gasteiger partial charge in [0.05, 0.1) is 23.7 Å². The van der Waals surface area contributed by atoms with Crippen LogP contribution in [0.4, 0.5) is 17.6 Å². The number of nitrogens with zero attached hydrogens (tertiary/aromatic N) is 2. The van der Waals surface area contributed by atoms with Gasteiger partial charge in [0.15, 0.2) is 11.5 Å². The Bertz CT molecular complexity index is 1380. The molecule has 3 aromatic rings. The van der Waals surface area contributed by atoms with Crippen molar-refractivity contribution < 1.29 is 27.2 Å². The van der Waals surface area contributed by atoms with E-state index in [-0.39, 0.29) is 29.6 Å². The van der Waals surface area contributed by atoms with E-state index in [9.17, 15) is 27.2 Å². The van der Waals surface area contributed by atoms with Crippen LogP contribution in [0.15, 0.2) is 66.7 Å². The topological polar surface area (TPSA) is 76.5 Å². The fourth-order valence-corrected chi connectivity index (χ4v) is 5.01.